The number of carbonyl (C=O) groups is 1. The van der Waals surface area contributed by atoms with Crippen LogP contribution in [0.5, 0.6) is 0 Å². The van der Waals surface area contributed by atoms with E-state index < -0.39 is 10.0 Å². The van der Waals surface area contributed by atoms with Gasteiger partial charge in [0.25, 0.3) is 5.91 Å². The van der Waals surface area contributed by atoms with Gasteiger partial charge in [-0.25, -0.2) is 8.42 Å². The zero-order chi connectivity index (χ0) is 23.7. The van der Waals surface area contributed by atoms with Crippen molar-refractivity contribution in [3.63, 3.8) is 0 Å². The first kappa shape index (κ1) is 23.1. The molecule has 1 fully saturated rings. The van der Waals surface area contributed by atoms with E-state index in [4.69, 9.17) is 0 Å². The minimum atomic E-state index is -3.58. The number of anilines is 1. The number of hydrogen-bond acceptors (Lipinski definition) is 6. The Labute approximate surface area is 204 Å². The first-order valence-electron chi connectivity index (χ1n) is 11.7. The number of sulfonamides is 1. The van der Waals surface area contributed by atoms with Crippen molar-refractivity contribution >= 4 is 33.0 Å². The number of nitrogens with one attached hydrogen (secondary N) is 1. The van der Waals surface area contributed by atoms with Gasteiger partial charge in [-0.05, 0) is 80.8 Å². The molecule has 2 aromatic carbocycles. The van der Waals surface area contributed by atoms with Crippen LogP contribution in [-0.2, 0) is 22.9 Å². The first-order valence-corrected chi connectivity index (χ1v) is 14.0. The maximum Gasteiger partial charge on any atom is 0.286 e. The average Bonchev–Trinajstić information content (AvgIpc) is 3.36. The third-order valence-electron chi connectivity index (χ3n) is 6.64. The van der Waals surface area contributed by atoms with E-state index in [2.05, 4.69) is 15.5 Å². The predicted molar refractivity (Wildman–Crippen MR) is 133 cm³/mol. The Morgan fingerprint density at radius 1 is 1.03 bits per heavy atom. The normalized spacial score (nSPS) is 18.9. The number of aryl methyl sites for hydroxylation is 3. The number of rotatable bonds is 5. The smallest absolute Gasteiger partial charge is 0.286 e. The monoisotopic (exact) mass is 496 g/mol. The molecule has 5 rings (SSSR count). The fourth-order valence-corrected chi connectivity index (χ4v) is 7.13. The fraction of sp³-hybridized carbons (Fsp3) is 0.400. The number of hydrogen-bond donors (Lipinski definition) is 1. The summed E-state index contributed by atoms with van der Waals surface area (Å²) in [6.07, 6.45) is 5.82. The summed E-state index contributed by atoms with van der Waals surface area (Å²) >= 11 is 1.24. The fourth-order valence-electron chi connectivity index (χ4n) is 4.69. The second kappa shape index (κ2) is 9.56. The molecule has 178 valence electrons. The number of piperidine rings is 1. The van der Waals surface area contributed by atoms with Crippen molar-refractivity contribution in [2.75, 3.05) is 18.4 Å². The largest absolute Gasteiger partial charge is 0.320 e. The molecule has 3 aromatic rings. The molecule has 1 N–H and O–H groups in total. The summed E-state index contributed by atoms with van der Waals surface area (Å²) in [5.74, 6) is -0.374. The van der Waals surface area contributed by atoms with Gasteiger partial charge in [0, 0.05) is 24.7 Å². The lowest BCUT2D eigenvalue weighted by Gasteiger charge is -2.31. The van der Waals surface area contributed by atoms with E-state index in [0.29, 0.717) is 28.7 Å². The van der Waals surface area contributed by atoms with Crippen molar-refractivity contribution in [3.8, 4) is 0 Å². The molecule has 7 nitrogen and oxygen atoms in total. The summed E-state index contributed by atoms with van der Waals surface area (Å²) in [5.41, 5.74) is 4.25. The maximum atomic E-state index is 13.4. The van der Waals surface area contributed by atoms with Crippen LogP contribution in [0.25, 0.3) is 0 Å². The van der Waals surface area contributed by atoms with Gasteiger partial charge >= 0.3 is 0 Å². The van der Waals surface area contributed by atoms with Crippen LogP contribution in [0.4, 0.5) is 5.69 Å². The van der Waals surface area contributed by atoms with Gasteiger partial charge < -0.3 is 5.32 Å². The molecule has 0 radical (unpaired) electrons. The van der Waals surface area contributed by atoms with Gasteiger partial charge in [-0.1, -0.05) is 35.1 Å². The highest BCUT2D eigenvalue weighted by molar-refractivity contribution is 7.89. The molecule has 2 aliphatic rings. The van der Waals surface area contributed by atoms with Crippen LogP contribution in [0.2, 0.25) is 0 Å². The van der Waals surface area contributed by atoms with Gasteiger partial charge in [0.15, 0.2) is 0 Å². The number of amides is 1. The molecule has 0 spiro atoms. The lowest BCUT2D eigenvalue weighted by molar-refractivity contribution is 0.102. The Bertz CT molecular complexity index is 1300. The Kier molecular flexibility index (Phi) is 6.50. The topological polar surface area (TPSA) is 92.3 Å². The lowest BCUT2D eigenvalue weighted by atomic mass is 9.92. The van der Waals surface area contributed by atoms with Crippen LogP contribution < -0.4 is 5.32 Å². The summed E-state index contributed by atoms with van der Waals surface area (Å²) in [7, 11) is -3.58. The summed E-state index contributed by atoms with van der Waals surface area (Å²) in [6.45, 7) is 2.84. The number of aromatic nitrogens is 2. The molecule has 1 atom stereocenters. The third-order valence-corrected chi connectivity index (χ3v) is 9.58. The Hall–Kier alpha value is -2.62. The van der Waals surface area contributed by atoms with E-state index in [1.165, 1.54) is 23.3 Å². The van der Waals surface area contributed by atoms with E-state index in [1.807, 2.05) is 43.3 Å². The summed E-state index contributed by atoms with van der Waals surface area (Å²) in [4.78, 5) is 13.0. The highest BCUT2D eigenvalue weighted by Gasteiger charge is 2.33. The summed E-state index contributed by atoms with van der Waals surface area (Å²) < 4.78 is 28.4. The molecule has 1 amide bonds. The van der Waals surface area contributed by atoms with Crippen molar-refractivity contribution in [1.29, 1.82) is 0 Å². The number of carbonyl (C=O) groups excluding carboxylic acids is 1. The molecular weight excluding hydrogens is 468 g/mol. The number of fused-ring (bicyclic) bond motifs is 1. The van der Waals surface area contributed by atoms with Gasteiger partial charge in [-0.2, -0.15) is 4.31 Å². The number of benzene rings is 2. The minimum absolute atomic E-state index is 0.0698. The standard InChI is InChI=1S/C25H28N4O3S2/c1-17-8-11-21(12-9-17)26-23(30)25-28-27-24(33-25)20-7-4-14-29(16-20)34(31,32)22-13-10-18-5-2-3-6-19(18)15-22/h8-13,15,20H,2-7,14,16H2,1H3,(H,26,30)/t20-/m0/s1. The molecule has 0 unspecified atom stereocenters. The van der Waals surface area contributed by atoms with Gasteiger partial charge in [-0.15, -0.1) is 10.2 Å². The molecule has 1 aliphatic heterocycles. The zero-order valence-electron chi connectivity index (χ0n) is 19.2. The molecule has 1 aromatic heterocycles. The zero-order valence-corrected chi connectivity index (χ0v) is 20.8. The second-order valence-electron chi connectivity index (χ2n) is 9.11. The first-order chi connectivity index (χ1) is 16.4. The van der Waals surface area contributed by atoms with Crippen molar-refractivity contribution in [2.24, 2.45) is 0 Å². The van der Waals surface area contributed by atoms with Crippen molar-refractivity contribution in [3.05, 3.63) is 69.2 Å². The molecule has 0 bridgehead atoms. The van der Waals surface area contributed by atoms with Crippen LogP contribution in [-0.4, -0.2) is 41.9 Å². The molecule has 2 heterocycles. The number of nitrogens with zero attached hydrogens (tertiary/aromatic N) is 3. The molecule has 0 saturated carbocycles. The molecule has 34 heavy (non-hydrogen) atoms. The Morgan fingerprint density at radius 2 is 1.79 bits per heavy atom. The van der Waals surface area contributed by atoms with Crippen molar-refractivity contribution < 1.29 is 13.2 Å². The van der Waals surface area contributed by atoms with E-state index >= 15 is 0 Å². The molecule has 9 heteroatoms. The van der Waals surface area contributed by atoms with Gasteiger partial charge in [0.05, 0.1) is 4.90 Å². The Morgan fingerprint density at radius 3 is 2.59 bits per heavy atom. The van der Waals surface area contributed by atoms with Crippen LogP contribution in [0, 0.1) is 6.92 Å². The van der Waals surface area contributed by atoms with E-state index in [0.717, 1.165) is 43.2 Å². The highest BCUT2D eigenvalue weighted by atomic mass is 32.2. The SMILES string of the molecule is Cc1ccc(NC(=O)c2nnc([C@H]3CCCN(S(=O)(=O)c4ccc5c(c4)CCCC5)C3)s2)cc1. The van der Waals surface area contributed by atoms with Crippen LogP contribution in [0.15, 0.2) is 47.4 Å². The lowest BCUT2D eigenvalue weighted by Crippen LogP contribution is -2.39. The quantitative estimate of drug-likeness (QED) is 0.560. The molecular formula is C25H28N4O3S2. The van der Waals surface area contributed by atoms with Gasteiger partial charge in [0.2, 0.25) is 15.0 Å². The van der Waals surface area contributed by atoms with Gasteiger partial charge in [-0.3, -0.25) is 4.79 Å². The maximum absolute atomic E-state index is 13.4. The Balaban J connectivity index is 1.29. The average molecular weight is 497 g/mol. The van der Waals surface area contributed by atoms with Crippen LogP contribution >= 0.6 is 11.3 Å². The summed E-state index contributed by atoms with van der Waals surface area (Å²) in [5, 5.41) is 12.2. The predicted octanol–water partition coefficient (Wildman–Crippen LogP) is 4.55. The van der Waals surface area contributed by atoms with E-state index in [-0.39, 0.29) is 16.8 Å². The summed E-state index contributed by atoms with van der Waals surface area (Å²) in [6, 6.07) is 13.2. The van der Waals surface area contributed by atoms with Crippen LogP contribution in [0.3, 0.4) is 0 Å². The van der Waals surface area contributed by atoms with E-state index in [1.54, 1.807) is 10.4 Å². The molecule has 1 saturated heterocycles. The highest BCUT2D eigenvalue weighted by Crippen LogP contribution is 2.33. The molecule has 1 aliphatic carbocycles. The second-order valence-corrected chi connectivity index (χ2v) is 12.1. The van der Waals surface area contributed by atoms with Gasteiger partial charge in [0.1, 0.15) is 5.01 Å². The van der Waals surface area contributed by atoms with E-state index in [9.17, 15) is 13.2 Å². The third kappa shape index (κ3) is 4.78. The minimum Gasteiger partial charge on any atom is -0.320 e. The van der Waals surface area contributed by atoms with Crippen molar-refractivity contribution in [2.45, 2.75) is 56.3 Å². The van der Waals surface area contributed by atoms with Crippen molar-refractivity contribution in [1.82, 2.24) is 14.5 Å². The van der Waals surface area contributed by atoms with Crippen LogP contribution in [0.1, 0.15) is 63.1 Å².